The minimum absolute atomic E-state index is 0.00410. The summed E-state index contributed by atoms with van der Waals surface area (Å²) in [7, 11) is 0. The molecule has 0 aromatic heterocycles. The number of amides is 1. The average molecular weight is 268 g/mol. The summed E-state index contributed by atoms with van der Waals surface area (Å²) in [5.74, 6) is 0.413. The summed E-state index contributed by atoms with van der Waals surface area (Å²) in [6.45, 7) is 4.64. The van der Waals surface area contributed by atoms with Gasteiger partial charge in [0, 0.05) is 19.5 Å². The predicted octanol–water partition coefficient (Wildman–Crippen LogP) is 1.09. The normalized spacial score (nSPS) is 28.6. The van der Waals surface area contributed by atoms with Crippen LogP contribution in [-0.4, -0.2) is 47.6 Å². The Morgan fingerprint density at radius 3 is 2.47 bits per heavy atom. The van der Waals surface area contributed by atoms with Crippen LogP contribution in [-0.2, 0) is 9.59 Å². The number of piperidine rings is 1. The van der Waals surface area contributed by atoms with Crippen LogP contribution < -0.4 is 5.32 Å². The van der Waals surface area contributed by atoms with Crippen molar-refractivity contribution in [2.45, 2.75) is 45.1 Å². The Morgan fingerprint density at radius 2 is 1.95 bits per heavy atom. The van der Waals surface area contributed by atoms with Crippen molar-refractivity contribution >= 4 is 11.9 Å². The van der Waals surface area contributed by atoms with E-state index in [-0.39, 0.29) is 18.4 Å². The monoisotopic (exact) mass is 268 g/mol. The molecule has 19 heavy (non-hydrogen) atoms. The highest BCUT2D eigenvalue weighted by Gasteiger charge is 2.34. The van der Waals surface area contributed by atoms with Gasteiger partial charge in [0.05, 0.1) is 6.04 Å². The summed E-state index contributed by atoms with van der Waals surface area (Å²) in [5, 5.41) is 12.0. The summed E-state index contributed by atoms with van der Waals surface area (Å²) >= 11 is 0. The van der Waals surface area contributed by atoms with E-state index in [2.05, 4.69) is 12.2 Å². The van der Waals surface area contributed by atoms with Gasteiger partial charge in [0.15, 0.2) is 0 Å². The molecule has 0 radical (unpaired) electrons. The number of carbonyl (C=O) groups excluding carboxylic acids is 1. The molecule has 2 saturated heterocycles. The SMILES string of the molecule is CC1CCNC1C(=O)N1CCC(CCC(=O)O)CC1. The Bertz CT molecular complexity index is 338. The molecule has 5 nitrogen and oxygen atoms in total. The van der Waals surface area contributed by atoms with Gasteiger partial charge in [0.1, 0.15) is 0 Å². The first-order valence-electron chi connectivity index (χ1n) is 7.32. The van der Waals surface area contributed by atoms with Gasteiger partial charge in [-0.1, -0.05) is 6.92 Å². The molecular formula is C14H24N2O3. The number of carboxylic acids is 1. The van der Waals surface area contributed by atoms with Crippen LogP contribution >= 0.6 is 0 Å². The Hall–Kier alpha value is -1.10. The van der Waals surface area contributed by atoms with E-state index in [1.807, 2.05) is 4.90 Å². The fourth-order valence-electron chi connectivity index (χ4n) is 3.13. The number of nitrogens with one attached hydrogen (secondary N) is 1. The van der Waals surface area contributed by atoms with Crippen molar-refractivity contribution in [3.63, 3.8) is 0 Å². The molecule has 2 aliphatic rings. The van der Waals surface area contributed by atoms with E-state index >= 15 is 0 Å². The predicted molar refractivity (Wildman–Crippen MR) is 71.7 cm³/mol. The number of aliphatic carboxylic acids is 1. The maximum absolute atomic E-state index is 12.4. The first-order chi connectivity index (χ1) is 9.08. The molecule has 108 valence electrons. The van der Waals surface area contributed by atoms with Gasteiger partial charge in [-0.3, -0.25) is 9.59 Å². The first-order valence-corrected chi connectivity index (χ1v) is 7.32. The molecule has 1 amide bonds. The van der Waals surface area contributed by atoms with Crippen molar-refractivity contribution < 1.29 is 14.7 Å². The smallest absolute Gasteiger partial charge is 0.303 e. The number of carbonyl (C=O) groups is 2. The van der Waals surface area contributed by atoms with Gasteiger partial charge in [-0.2, -0.15) is 0 Å². The molecule has 0 aliphatic carbocycles. The second-order valence-electron chi connectivity index (χ2n) is 5.90. The van der Waals surface area contributed by atoms with E-state index < -0.39 is 5.97 Å². The molecule has 2 heterocycles. The molecule has 0 bridgehead atoms. The van der Waals surface area contributed by atoms with Crippen LogP contribution in [0.15, 0.2) is 0 Å². The fraction of sp³-hybridized carbons (Fsp3) is 0.857. The highest BCUT2D eigenvalue weighted by molar-refractivity contribution is 5.82. The van der Waals surface area contributed by atoms with Crippen molar-refractivity contribution in [2.24, 2.45) is 11.8 Å². The lowest BCUT2D eigenvalue weighted by atomic mass is 9.91. The zero-order valence-corrected chi connectivity index (χ0v) is 11.6. The molecule has 0 aromatic rings. The number of hydrogen-bond acceptors (Lipinski definition) is 3. The summed E-state index contributed by atoms with van der Waals surface area (Å²) in [6, 6.07) is -0.00410. The maximum atomic E-state index is 12.4. The summed E-state index contributed by atoms with van der Waals surface area (Å²) in [6.07, 6.45) is 3.96. The fourth-order valence-corrected chi connectivity index (χ4v) is 3.13. The minimum atomic E-state index is -0.720. The Labute approximate surface area is 114 Å². The molecule has 0 spiro atoms. The molecule has 2 fully saturated rings. The van der Waals surface area contributed by atoms with Gasteiger partial charge in [-0.15, -0.1) is 0 Å². The second kappa shape index (κ2) is 6.37. The maximum Gasteiger partial charge on any atom is 0.303 e. The molecule has 2 rings (SSSR count). The number of hydrogen-bond donors (Lipinski definition) is 2. The number of likely N-dealkylation sites (tertiary alicyclic amines) is 1. The molecule has 2 N–H and O–H groups in total. The summed E-state index contributed by atoms with van der Waals surface area (Å²) in [4.78, 5) is 24.9. The van der Waals surface area contributed by atoms with Gasteiger partial charge in [0.25, 0.3) is 0 Å². The molecular weight excluding hydrogens is 244 g/mol. The minimum Gasteiger partial charge on any atom is -0.481 e. The quantitative estimate of drug-likeness (QED) is 0.800. The van der Waals surface area contributed by atoms with Crippen molar-refractivity contribution in [3.05, 3.63) is 0 Å². The molecule has 2 unspecified atom stereocenters. The van der Waals surface area contributed by atoms with E-state index in [0.29, 0.717) is 11.8 Å². The van der Waals surface area contributed by atoms with Gasteiger partial charge in [-0.05, 0) is 44.1 Å². The lowest BCUT2D eigenvalue weighted by Crippen LogP contribution is -2.48. The first kappa shape index (κ1) is 14.3. The topological polar surface area (TPSA) is 69.6 Å². The lowest BCUT2D eigenvalue weighted by molar-refractivity contribution is -0.138. The molecule has 0 aromatic carbocycles. The van der Waals surface area contributed by atoms with Crippen molar-refractivity contribution in [2.75, 3.05) is 19.6 Å². The van der Waals surface area contributed by atoms with E-state index in [0.717, 1.165) is 45.3 Å². The van der Waals surface area contributed by atoms with Crippen LogP contribution in [0.5, 0.6) is 0 Å². The van der Waals surface area contributed by atoms with Gasteiger partial charge < -0.3 is 15.3 Å². The van der Waals surface area contributed by atoms with Gasteiger partial charge in [0.2, 0.25) is 5.91 Å². The van der Waals surface area contributed by atoms with E-state index in [1.165, 1.54) is 0 Å². The van der Waals surface area contributed by atoms with Crippen LogP contribution in [0.2, 0.25) is 0 Å². The van der Waals surface area contributed by atoms with Crippen LogP contribution in [0.25, 0.3) is 0 Å². The average Bonchev–Trinajstić information content (AvgIpc) is 2.82. The number of rotatable bonds is 4. The number of carboxylic acid groups (broad SMARTS) is 1. The highest BCUT2D eigenvalue weighted by Crippen LogP contribution is 2.24. The van der Waals surface area contributed by atoms with Crippen molar-refractivity contribution in [1.29, 1.82) is 0 Å². The van der Waals surface area contributed by atoms with Gasteiger partial charge >= 0.3 is 5.97 Å². The Kier molecular flexibility index (Phi) is 4.80. The van der Waals surface area contributed by atoms with Crippen LogP contribution in [0.1, 0.15) is 39.0 Å². The zero-order valence-electron chi connectivity index (χ0n) is 11.6. The second-order valence-corrected chi connectivity index (χ2v) is 5.90. The van der Waals surface area contributed by atoms with Crippen molar-refractivity contribution in [1.82, 2.24) is 10.2 Å². The zero-order chi connectivity index (χ0) is 13.8. The van der Waals surface area contributed by atoms with Crippen LogP contribution in [0, 0.1) is 11.8 Å². The third-order valence-corrected chi connectivity index (χ3v) is 4.49. The summed E-state index contributed by atoms with van der Waals surface area (Å²) < 4.78 is 0. The highest BCUT2D eigenvalue weighted by atomic mass is 16.4. The largest absolute Gasteiger partial charge is 0.481 e. The standard InChI is InChI=1S/C14H24N2O3/c1-10-4-7-15-13(10)14(19)16-8-5-11(6-9-16)2-3-12(17)18/h10-11,13,15H,2-9H2,1H3,(H,17,18). The lowest BCUT2D eigenvalue weighted by Gasteiger charge is -2.34. The molecule has 0 saturated carbocycles. The van der Waals surface area contributed by atoms with E-state index in [9.17, 15) is 9.59 Å². The van der Waals surface area contributed by atoms with Crippen molar-refractivity contribution in [3.8, 4) is 0 Å². The molecule has 5 heteroatoms. The van der Waals surface area contributed by atoms with E-state index in [1.54, 1.807) is 0 Å². The van der Waals surface area contributed by atoms with E-state index in [4.69, 9.17) is 5.11 Å². The molecule has 2 aliphatic heterocycles. The summed E-state index contributed by atoms with van der Waals surface area (Å²) in [5.41, 5.74) is 0. The van der Waals surface area contributed by atoms with Gasteiger partial charge in [-0.25, -0.2) is 0 Å². The Balaban J connectivity index is 1.76. The van der Waals surface area contributed by atoms with Crippen LogP contribution in [0.4, 0.5) is 0 Å². The number of nitrogens with zero attached hydrogens (tertiary/aromatic N) is 1. The molecule has 2 atom stereocenters. The van der Waals surface area contributed by atoms with Crippen LogP contribution in [0.3, 0.4) is 0 Å². The third kappa shape index (κ3) is 3.69. The third-order valence-electron chi connectivity index (χ3n) is 4.49. The Morgan fingerprint density at radius 1 is 1.26 bits per heavy atom.